The summed E-state index contributed by atoms with van der Waals surface area (Å²) in [6, 6.07) is 7.48. The van der Waals surface area contributed by atoms with E-state index in [9.17, 15) is 4.79 Å². The molecule has 0 aliphatic heterocycles. The van der Waals surface area contributed by atoms with Crippen LogP contribution in [0.3, 0.4) is 0 Å². The highest BCUT2D eigenvalue weighted by Gasteiger charge is 2.16. The van der Waals surface area contributed by atoms with Crippen molar-refractivity contribution in [3.8, 4) is 16.5 Å². The Morgan fingerprint density at radius 3 is 2.62 bits per heavy atom. The van der Waals surface area contributed by atoms with E-state index in [1.165, 1.54) is 11.3 Å². The van der Waals surface area contributed by atoms with E-state index in [1.807, 2.05) is 45.0 Å². The first kappa shape index (κ1) is 16.1. The van der Waals surface area contributed by atoms with E-state index in [0.717, 1.165) is 21.1 Å². The van der Waals surface area contributed by atoms with E-state index in [-0.39, 0.29) is 18.5 Å². The standard InChI is InChI=1S/C16H16N4O3S/c1-9-4-6-12(7-5-9)22-8-13(21)18-16-20-19-15(23-16)14-10(2)17-11(3)24-14/h4-7H,8H2,1-3H3,(H,18,20,21). The molecule has 2 heterocycles. The zero-order valence-electron chi connectivity index (χ0n) is 13.5. The maximum atomic E-state index is 11.9. The Kier molecular flexibility index (Phi) is 4.57. The van der Waals surface area contributed by atoms with Crippen LogP contribution in [-0.2, 0) is 4.79 Å². The van der Waals surface area contributed by atoms with Gasteiger partial charge in [-0.15, -0.1) is 16.4 Å². The number of thiazole rings is 1. The third-order valence-electron chi connectivity index (χ3n) is 3.16. The Labute approximate surface area is 142 Å². The van der Waals surface area contributed by atoms with Gasteiger partial charge in [0.25, 0.3) is 11.8 Å². The summed E-state index contributed by atoms with van der Waals surface area (Å²) >= 11 is 1.46. The number of carbonyl (C=O) groups excluding carboxylic acids is 1. The summed E-state index contributed by atoms with van der Waals surface area (Å²) < 4.78 is 10.9. The van der Waals surface area contributed by atoms with Crippen molar-refractivity contribution in [2.45, 2.75) is 20.8 Å². The fourth-order valence-electron chi connectivity index (χ4n) is 2.03. The molecule has 0 radical (unpaired) electrons. The molecule has 0 saturated heterocycles. The van der Waals surface area contributed by atoms with Crippen molar-refractivity contribution >= 4 is 23.3 Å². The van der Waals surface area contributed by atoms with Gasteiger partial charge in [0.2, 0.25) is 0 Å². The summed E-state index contributed by atoms with van der Waals surface area (Å²) in [4.78, 5) is 17.0. The minimum Gasteiger partial charge on any atom is -0.484 e. The minimum atomic E-state index is -0.372. The average molecular weight is 344 g/mol. The SMILES string of the molecule is Cc1ccc(OCC(=O)Nc2nnc(-c3sc(C)nc3C)o2)cc1. The van der Waals surface area contributed by atoms with Gasteiger partial charge in [-0.1, -0.05) is 22.8 Å². The fraction of sp³-hybridized carbons (Fsp3) is 0.250. The lowest BCUT2D eigenvalue weighted by Gasteiger charge is -2.05. The summed E-state index contributed by atoms with van der Waals surface area (Å²) in [5.41, 5.74) is 1.94. The number of ether oxygens (including phenoxy) is 1. The second kappa shape index (κ2) is 6.79. The lowest BCUT2D eigenvalue weighted by molar-refractivity contribution is -0.118. The van der Waals surface area contributed by atoms with Crippen LogP contribution >= 0.6 is 11.3 Å². The van der Waals surface area contributed by atoms with Crippen molar-refractivity contribution in [2.24, 2.45) is 0 Å². The average Bonchev–Trinajstić information content (AvgIpc) is 3.12. The first-order valence-electron chi connectivity index (χ1n) is 7.28. The van der Waals surface area contributed by atoms with Crippen LogP contribution in [0.1, 0.15) is 16.3 Å². The number of hydrogen-bond acceptors (Lipinski definition) is 7. The van der Waals surface area contributed by atoms with Gasteiger partial charge < -0.3 is 9.15 Å². The quantitative estimate of drug-likeness (QED) is 0.765. The Bertz CT molecular complexity index is 855. The molecule has 0 saturated carbocycles. The van der Waals surface area contributed by atoms with E-state index in [0.29, 0.717) is 11.6 Å². The van der Waals surface area contributed by atoms with Gasteiger partial charge in [-0.2, -0.15) is 0 Å². The van der Waals surface area contributed by atoms with Crippen molar-refractivity contribution in [3.63, 3.8) is 0 Å². The molecule has 0 aliphatic rings. The van der Waals surface area contributed by atoms with Crippen molar-refractivity contribution in [1.29, 1.82) is 0 Å². The van der Waals surface area contributed by atoms with Gasteiger partial charge >= 0.3 is 6.01 Å². The van der Waals surface area contributed by atoms with Crippen LogP contribution in [0.15, 0.2) is 28.7 Å². The number of hydrogen-bond donors (Lipinski definition) is 1. The monoisotopic (exact) mass is 344 g/mol. The molecule has 0 unspecified atom stereocenters. The lowest BCUT2D eigenvalue weighted by atomic mass is 10.2. The lowest BCUT2D eigenvalue weighted by Crippen LogP contribution is -2.20. The molecule has 0 atom stereocenters. The summed E-state index contributed by atoms with van der Waals surface area (Å²) in [5, 5.41) is 11.2. The predicted octanol–water partition coefficient (Wildman–Crippen LogP) is 3.14. The molecular formula is C16H16N4O3S. The molecule has 7 nitrogen and oxygen atoms in total. The normalized spacial score (nSPS) is 10.6. The highest BCUT2D eigenvalue weighted by molar-refractivity contribution is 7.15. The molecule has 3 aromatic rings. The molecule has 3 rings (SSSR count). The molecular weight excluding hydrogens is 328 g/mol. The van der Waals surface area contributed by atoms with Crippen LogP contribution in [0.4, 0.5) is 6.01 Å². The smallest absolute Gasteiger partial charge is 0.322 e. The van der Waals surface area contributed by atoms with Crippen LogP contribution in [0, 0.1) is 20.8 Å². The maximum Gasteiger partial charge on any atom is 0.322 e. The van der Waals surface area contributed by atoms with E-state index >= 15 is 0 Å². The Hall–Kier alpha value is -2.74. The van der Waals surface area contributed by atoms with E-state index in [1.54, 1.807) is 0 Å². The Morgan fingerprint density at radius 1 is 1.21 bits per heavy atom. The molecule has 0 fully saturated rings. The molecule has 2 aromatic heterocycles. The summed E-state index contributed by atoms with van der Waals surface area (Å²) in [6.45, 7) is 5.62. The van der Waals surface area contributed by atoms with Crippen LogP contribution in [0.5, 0.6) is 5.75 Å². The van der Waals surface area contributed by atoms with Crippen LogP contribution < -0.4 is 10.1 Å². The number of amides is 1. The first-order valence-corrected chi connectivity index (χ1v) is 8.10. The molecule has 0 aliphatic carbocycles. The molecule has 1 N–H and O–H groups in total. The molecule has 124 valence electrons. The van der Waals surface area contributed by atoms with Crippen molar-refractivity contribution in [2.75, 3.05) is 11.9 Å². The van der Waals surface area contributed by atoms with Crippen LogP contribution in [-0.4, -0.2) is 27.7 Å². The number of anilines is 1. The van der Waals surface area contributed by atoms with Gasteiger partial charge in [0, 0.05) is 0 Å². The Balaban J connectivity index is 1.59. The van der Waals surface area contributed by atoms with Crippen molar-refractivity contribution in [1.82, 2.24) is 15.2 Å². The highest BCUT2D eigenvalue weighted by atomic mass is 32.1. The van der Waals surface area contributed by atoms with Crippen LogP contribution in [0.25, 0.3) is 10.8 Å². The number of rotatable bonds is 5. The predicted molar refractivity (Wildman–Crippen MR) is 90.2 cm³/mol. The molecule has 1 amide bonds. The van der Waals surface area contributed by atoms with E-state index in [2.05, 4.69) is 20.5 Å². The van der Waals surface area contributed by atoms with Gasteiger partial charge in [0.1, 0.15) is 10.6 Å². The van der Waals surface area contributed by atoms with E-state index < -0.39 is 0 Å². The van der Waals surface area contributed by atoms with E-state index in [4.69, 9.17) is 9.15 Å². The first-order chi connectivity index (χ1) is 11.5. The number of benzene rings is 1. The zero-order valence-corrected chi connectivity index (χ0v) is 14.3. The number of nitrogens with zero attached hydrogens (tertiary/aromatic N) is 3. The van der Waals surface area contributed by atoms with Gasteiger partial charge in [-0.3, -0.25) is 10.1 Å². The van der Waals surface area contributed by atoms with Crippen LogP contribution in [0.2, 0.25) is 0 Å². The summed E-state index contributed by atoms with van der Waals surface area (Å²) in [7, 11) is 0. The van der Waals surface area contributed by atoms with Gasteiger partial charge in [-0.05, 0) is 32.9 Å². The second-order valence-electron chi connectivity index (χ2n) is 5.21. The minimum absolute atomic E-state index is 0.0351. The van der Waals surface area contributed by atoms with Gasteiger partial charge in [-0.25, -0.2) is 4.98 Å². The number of nitrogens with one attached hydrogen (secondary N) is 1. The summed E-state index contributed by atoms with van der Waals surface area (Å²) in [5.74, 6) is 0.591. The second-order valence-corrected chi connectivity index (χ2v) is 6.41. The highest BCUT2D eigenvalue weighted by Crippen LogP contribution is 2.29. The number of aromatic nitrogens is 3. The number of carbonyl (C=O) groups is 1. The number of aryl methyl sites for hydroxylation is 3. The summed E-state index contributed by atoms with van der Waals surface area (Å²) in [6.07, 6.45) is 0. The molecule has 0 spiro atoms. The zero-order chi connectivity index (χ0) is 17.1. The molecule has 8 heteroatoms. The third-order valence-corrected chi connectivity index (χ3v) is 4.22. The maximum absolute atomic E-state index is 11.9. The third kappa shape index (κ3) is 3.77. The van der Waals surface area contributed by atoms with Crippen molar-refractivity contribution < 1.29 is 13.9 Å². The fourth-order valence-corrected chi connectivity index (χ4v) is 2.88. The van der Waals surface area contributed by atoms with Gasteiger partial charge in [0.15, 0.2) is 6.61 Å². The largest absolute Gasteiger partial charge is 0.484 e. The Morgan fingerprint density at radius 2 is 1.96 bits per heavy atom. The van der Waals surface area contributed by atoms with Gasteiger partial charge in [0.05, 0.1) is 10.7 Å². The molecule has 1 aromatic carbocycles. The molecule has 0 bridgehead atoms. The molecule has 24 heavy (non-hydrogen) atoms. The topological polar surface area (TPSA) is 90.1 Å². The van der Waals surface area contributed by atoms with Crippen molar-refractivity contribution in [3.05, 3.63) is 40.5 Å².